The van der Waals surface area contributed by atoms with E-state index in [4.69, 9.17) is 0 Å². The van der Waals surface area contributed by atoms with Crippen molar-refractivity contribution in [3.63, 3.8) is 0 Å². The van der Waals surface area contributed by atoms with Gasteiger partial charge >= 0.3 is 0 Å². The van der Waals surface area contributed by atoms with Crippen LogP contribution in [-0.4, -0.2) is 15.3 Å². The van der Waals surface area contributed by atoms with E-state index in [2.05, 4.69) is 10.3 Å². The summed E-state index contributed by atoms with van der Waals surface area (Å²) in [5.74, 6) is -1.18. The van der Waals surface area contributed by atoms with E-state index in [1.165, 1.54) is 34.9 Å². The highest BCUT2D eigenvalue weighted by Gasteiger charge is 2.18. The van der Waals surface area contributed by atoms with Gasteiger partial charge in [0.25, 0.3) is 5.91 Å². The van der Waals surface area contributed by atoms with E-state index in [0.29, 0.717) is 29.0 Å². The second kappa shape index (κ2) is 6.16. The number of aromatic nitrogens is 2. The summed E-state index contributed by atoms with van der Waals surface area (Å²) in [6.07, 6.45) is 1.78. The number of nitrogens with one attached hydrogen (secondary N) is 1. The molecule has 0 bridgehead atoms. The number of fused-ring (bicyclic) bond motifs is 1. The Labute approximate surface area is 131 Å². The quantitative estimate of drug-likeness (QED) is 0.804. The van der Waals surface area contributed by atoms with Gasteiger partial charge in [-0.1, -0.05) is 19.1 Å². The second-order valence-corrected chi connectivity index (χ2v) is 5.15. The van der Waals surface area contributed by atoms with Crippen LogP contribution in [0.4, 0.5) is 8.78 Å². The standard InChI is InChI=1S/C17H15F2N3O/c1-2-14-16(22-10-13(19)6-7-15(22)21-14)17(23)20-9-11-4-3-5-12(18)8-11/h3-8,10H,2,9H2,1H3,(H,20,23). The minimum absolute atomic E-state index is 0.183. The topological polar surface area (TPSA) is 46.4 Å². The largest absolute Gasteiger partial charge is 0.347 e. The third kappa shape index (κ3) is 3.06. The van der Waals surface area contributed by atoms with Crippen LogP contribution >= 0.6 is 0 Å². The minimum atomic E-state index is -0.447. The summed E-state index contributed by atoms with van der Waals surface area (Å²) in [5, 5.41) is 2.73. The zero-order valence-electron chi connectivity index (χ0n) is 12.5. The normalized spacial score (nSPS) is 10.9. The maximum Gasteiger partial charge on any atom is 0.270 e. The van der Waals surface area contributed by atoms with E-state index in [0.717, 1.165) is 0 Å². The molecule has 3 aromatic rings. The third-order valence-corrected chi connectivity index (χ3v) is 3.55. The first-order valence-corrected chi connectivity index (χ1v) is 7.27. The van der Waals surface area contributed by atoms with Gasteiger partial charge in [0.05, 0.1) is 5.69 Å². The molecule has 2 aromatic heterocycles. The summed E-state index contributed by atoms with van der Waals surface area (Å²) >= 11 is 0. The van der Waals surface area contributed by atoms with Crippen LogP contribution in [0.3, 0.4) is 0 Å². The van der Waals surface area contributed by atoms with Crippen molar-refractivity contribution in [2.24, 2.45) is 0 Å². The number of hydrogen-bond acceptors (Lipinski definition) is 2. The summed E-state index contributed by atoms with van der Waals surface area (Å²) in [6, 6.07) is 8.83. The van der Waals surface area contributed by atoms with E-state index < -0.39 is 5.82 Å². The molecule has 0 fully saturated rings. The number of rotatable bonds is 4. The van der Waals surface area contributed by atoms with Crippen molar-refractivity contribution in [2.75, 3.05) is 0 Å². The molecular weight excluding hydrogens is 300 g/mol. The molecule has 0 radical (unpaired) electrons. The highest BCUT2D eigenvalue weighted by Crippen LogP contribution is 2.15. The Kier molecular flexibility index (Phi) is 4.06. The summed E-state index contributed by atoms with van der Waals surface area (Å²) in [7, 11) is 0. The van der Waals surface area contributed by atoms with Gasteiger partial charge in [0.1, 0.15) is 23.0 Å². The molecule has 118 valence electrons. The number of halogens is 2. The Morgan fingerprint density at radius 2 is 2.04 bits per heavy atom. The van der Waals surface area contributed by atoms with Gasteiger partial charge in [0.2, 0.25) is 0 Å². The Balaban J connectivity index is 1.89. The first-order chi connectivity index (χ1) is 11.1. The lowest BCUT2D eigenvalue weighted by Gasteiger charge is -2.07. The second-order valence-electron chi connectivity index (χ2n) is 5.15. The van der Waals surface area contributed by atoms with Gasteiger partial charge in [-0.2, -0.15) is 0 Å². The van der Waals surface area contributed by atoms with Gasteiger partial charge in [-0.15, -0.1) is 0 Å². The zero-order chi connectivity index (χ0) is 16.4. The molecule has 0 saturated heterocycles. The summed E-state index contributed by atoms with van der Waals surface area (Å²) in [6.45, 7) is 2.06. The maximum atomic E-state index is 13.5. The van der Waals surface area contributed by atoms with E-state index in [1.54, 1.807) is 12.1 Å². The number of amides is 1. The third-order valence-electron chi connectivity index (χ3n) is 3.55. The van der Waals surface area contributed by atoms with Gasteiger partial charge in [-0.25, -0.2) is 13.8 Å². The number of imidazole rings is 1. The van der Waals surface area contributed by atoms with Crippen molar-refractivity contribution in [3.05, 3.63) is 71.2 Å². The molecule has 1 amide bonds. The molecule has 0 saturated carbocycles. The maximum absolute atomic E-state index is 13.5. The van der Waals surface area contributed by atoms with Gasteiger partial charge in [0, 0.05) is 12.7 Å². The molecule has 0 unspecified atom stereocenters. The summed E-state index contributed by atoms with van der Waals surface area (Å²) in [5.41, 5.74) is 2.06. The van der Waals surface area contributed by atoms with Crippen molar-refractivity contribution < 1.29 is 13.6 Å². The lowest BCUT2D eigenvalue weighted by atomic mass is 10.2. The highest BCUT2D eigenvalue weighted by atomic mass is 19.1. The molecular formula is C17H15F2N3O. The fourth-order valence-corrected chi connectivity index (χ4v) is 2.47. The molecule has 3 rings (SSSR count). The van der Waals surface area contributed by atoms with Gasteiger partial charge in [0.15, 0.2) is 0 Å². The van der Waals surface area contributed by atoms with Gasteiger partial charge < -0.3 is 5.32 Å². The van der Waals surface area contributed by atoms with Crippen molar-refractivity contribution in [3.8, 4) is 0 Å². The van der Waals surface area contributed by atoms with Crippen LogP contribution < -0.4 is 5.32 Å². The van der Waals surface area contributed by atoms with Crippen LogP contribution in [0.1, 0.15) is 28.7 Å². The van der Waals surface area contributed by atoms with Gasteiger partial charge in [-0.3, -0.25) is 9.20 Å². The molecule has 0 aliphatic heterocycles. The molecule has 6 heteroatoms. The number of carbonyl (C=O) groups is 1. The molecule has 2 heterocycles. The first-order valence-electron chi connectivity index (χ1n) is 7.27. The lowest BCUT2D eigenvalue weighted by molar-refractivity contribution is 0.0944. The highest BCUT2D eigenvalue weighted by molar-refractivity contribution is 5.94. The van der Waals surface area contributed by atoms with E-state index >= 15 is 0 Å². The SMILES string of the molecule is CCc1nc2ccc(F)cn2c1C(=O)NCc1cccc(F)c1. The van der Waals surface area contributed by atoms with E-state index in [1.807, 2.05) is 6.92 Å². The number of benzene rings is 1. The Bertz CT molecular complexity index is 873. The smallest absolute Gasteiger partial charge is 0.270 e. The molecule has 23 heavy (non-hydrogen) atoms. The fraction of sp³-hybridized carbons (Fsp3) is 0.176. The molecule has 1 N–H and O–H groups in total. The molecule has 1 aromatic carbocycles. The van der Waals surface area contributed by atoms with Crippen LogP contribution in [0.2, 0.25) is 0 Å². The number of hydrogen-bond donors (Lipinski definition) is 1. The minimum Gasteiger partial charge on any atom is -0.347 e. The average Bonchev–Trinajstić information content (AvgIpc) is 2.90. The van der Waals surface area contributed by atoms with Crippen molar-refractivity contribution in [1.29, 1.82) is 0 Å². The Hall–Kier alpha value is -2.76. The molecule has 0 spiro atoms. The summed E-state index contributed by atoms with van der Waals surface area (Å²) in [4.78, 5) is 16.8. The van der Waals surface area contributed by atoms with Crippen LogP contribution in [0.5, 0.6) is 0 Å². The number of aryl methyl sites for hydroxylation is 1. The van der Waals surface area contributed by atoms with Crippen LogP contribution in [0.15, 0.2) is 42.6 Å². The van der Waals surface area contributed by atoms with Crippen LogP contribution in [0, 0.1) is 11.6 Å². The van der Waals surface area contributed by atoms with Gasteiger partial charge in [-0.05, 0) is 36.2 Å². The van der Waals surface area contributed by atoms with Crippen LogP contribution in [0.25, 0.3) is 5.65 Å². The summed E-state index contributed by atoms with van der Waals surface area (Å²) < 4.78 is 28.1. The molecule has 4 nitrogen and oxygen atoms in total. The van der Waals surface area contributed by atoms with E-state index in [-0.39, 0.29) is 18.3 Å². The molecule has 0 aliphatic rings. The molecule has 0 aliphatic carbocycles. The number of carbonyl (C=O) groups excluding carboxylic acids is 1. The van der Waals surface area contributed by atoms with Crippen LogP contribution in [-0.2, 0) is 13.0 Å². The lowest BCUT2D eigenvalue weighted by Crippen LogP contribution is -2.25. The number of nitrogens with zero attached hydrogens (tertiary/aromatic N) is 2. The van der Waals surface area contributed by atoms with Crippen molar-refractivity contribution >= 4 is 11.6 Å². The average molecular weight is 315 g/mol. The zero-order valence-corrected chi connectivity index (χ0v) is 12.5. The van der Waals surface area contributed by atoms with Crippen molar-refractivity contribution in [1.82, 2.24) is 14.7 Å². The Morgan fingerprint density at radius 1 is 1.22 bits per heavy atom. The first kappa shape index (κ1) is 15.1. The van der Waals surface area contributed by atoms with Crippen molar-refractivity contribution in [2.45, 2.75) is 19.9 Å². The number of pyridine rings is 1. The predicted octanol–water partition coefficient (Wildman–Crippen LogP) is 3.10. The molecule has 0 atom stereocenters. The Morgan fingerprint density at radius 3 is 2.78 bits per heavy atom. The fourth-order valence-electron chi connectivity index (χ4n) is 2.47. The predicted molar refractivity (Wildman–Crippen MR) is 82.1 cm³/mol. The van der Waals surface area contributed by atoms with E-state index in [9.17, 15) is 13.6 Å². The monoisotopic (exact) mass is 315 g/mol.